The van der Waals surface area contributed by atoms with Crippen LogP contribution in [0, 0.1) is 6.92 Å². The Hall–Kier alpha value is -0.800. The first kappa shape index (κ1) is 10.7. The van der Waals surface area contributed by atoms with E-state index in [1.54, 1.807) is 0 Å². The van der Waals surface area contributed by atoms with Gasteiger partial charge in [0.25, 0.3) is 0 Å². The van der Waals surface area contributed by atoms with Gasteiger partial charge in [-0.15, -0.1) is 0 Å². The van der Waals surface area contributed by atoms with E-state index in [0.717, 1.165) is 27.2 Å². The van der Waals surface area contributed by atoms with Crippen molar-refractivity contribution in [3.8, 4) is 0 Å². The maximum absolute atomic E-state index is 10.9. The van der Waals surface area contributed by atoms with Crippen LogP contribution in [0.4, 0.5) is 0 Å². The number of aryl methyl sites for hydroxylation is 2. The van der Waals surface area contributed by atoms with Crippen molar-refractivity contribution in [1.82, 2.24) is 4.57 Å². The summed E-state index contributed by atoms with van der Waals surface area (Å²) in [7, 11) is 1.87. The van der Waals surface area contributed by atoms with Crippen molar-refractivity contribution in [3.05, 3.63) is 32.9 Å². The quantitative estimate of drug-likeness (QED) is 0.732. The number of carbonyl (C=O) groups is 1. The number of hydrogen-bond acceptors (Lipinski definition) is 1. The SMILES string of the molecule is Cc1c(C=O)n(C)c2cc(Br)c(Cl)cc12. The maximum atomic E-state index is 10.9. The molecule has 1 aromatic heterocycles. The first-order valence-corrected chi connectivity index (χ1v) is 5.62. The van der Waals surface area contributed by atoms with Gasteiger partial charge in [0.15, 0.2) is 6.29 Å². The van der Waals surface area contributed by atoms with E-state index in [1.807, 2.05) is 30.7 Å². The monoisotopic (exact) mass is 285 g/mol. The van der Waals surface area contributed by atoms with Crippen molar-refractivity contribution in [1.29, 1.82) is 0 Å². The fourth-order valence-corrected chi connectivity index (χ4v) is 2.30. The van der Waals surface area contributed by atoms with E-state index in [0.29, 0.717) is 10.7 Å². The molecule has 0 saturated heterocycles. The van der Waals surface area contributed by atoms with Crippen molar-refractivity contribution in [2.45, 2.75) is 6.92 Å². The van der Waals surface area contributed by atoms with Crippen molar-refractivity contribution >= 4 is 44.7 Å². The molecule has 0 N–H and O–H groups in total. The van der Waals surface area contributed by atoms with Gasteiger partial charge in [-0.3, -0.25) is 4.79 Å². The number of rotatable bonds is 1. The Bertz CT molecular complexity index is 514. The lowest BCUT2D eigenvalue weighted by Gasteiger charge is -1.99. The number of nitrogens with zero attached hydrogens (tertiary/aromatic N) is 1. The zero-order valence-electron chi connectivity index (χ0n) is 8.34. The Morgan fingerprint density at radius 2 is 2.13 bits per heavy atom. The molecule has 78 valence electrons. The molecule has 2 aromatic rings. The molecule has 4 heteroatoms. The smallest absolute Gasteiger partial charge is 0.166 e. The number of hydrogen-bond donors (Lipinski definition) is 0. The van der Waals surface area contributed by atoms with Gasteiger partial charge in [-0.05, 0) is 40.5 Å². The van der Waals surface area contributed by atoms with Gasteiger partial charge >= 0.3 is 0 Å². The van der Waals surface area contributed by atoms with Gasteiger partial charge in [0.1, 0.15) is 0 Å². The topological polar surface area (TPSA) is 22.0 Å². The molecule has 0 fully saturated rings. The fraction of sp³-hybridized carbons (Fsp3) is 0.182. The van der Waals surface area contributed by atoms with Crippen LogP contribution in [0.15, 0.2) is 16.6 Å². The zero-order chi connectivity index (χ0) is 11.2. The Morgan fingerprint density at radius 3 is 2.73 bits per heavy atom. The van der Waals surface area contributed by atoms with Crippen LogP contribution in [-0.2, 0) is 7.05 Å². The Labute approximate surface area is 101 Å². The highest BCUT2D eigenvalue weighted by Crippen LogP contribution is 2.32. The van der Waals surface area contributed by atoms with Crippen LogP contribution in [0.2, 0.25) is 5.02 Å². The van der Waals surface area contributed by atoms with Crippen LogP contribution in [-0.4, -0.2) is 10.9 Å². The van der Waals surface area contributed by atoms with Crippen molar-refractivity contribution in [2.75, 3.05) is 0 Å². The van der Waals surface area contributed by atoms with Crippen LogP contribution in [0.3, 0.4) is 0 Å². The third-order valence-corrected chi connectivity index (χ3v) is 3.86. The lowest BCUT2D eigenvalue weighted by atomic mass is 10.1. The molecule has 0 aliphatic rings. The first-order chi connectivity index (χ1) is 7.06. The predicted molar refractivity (Wildman–Crippen MR) is 65.8 cm³/mol. The van der Waals surface area contributed by atoms with E-state index in [1.165, 1.54) is 0 Å². The van der Waals surface area contributed by atoms with Crippen LogP contribution in [0.5, 0.6) is 0 Å². The lowest BCUT2D eigenvalue weighted by Crippen LogP contribution is -1.94. The second-order valence-corrected chi connectivity index (χ2v) is 4.73. The summed E-state index contributed by atoms with van der Waals surface area (Å²) in [6, 6.07) is 3.81. The van der Waals surface area contributed by atoms with Gasteiger partial charge < -0.3 is 4.57 Å². The number of carbonyl (C=O) groups excluding carboxylic acids is 1. The molecular formula is C11H9BrClNO. The first-order valence-electron chi connectivity index (χ1n) is 4.45. The molecule has 0 bridgehead atoms. The molecule has 0 amide bonds. The summed E-state index contributed by atoms with van der Waals surface area (Å²) in [4.78, 5) is 10.9. The minimum atomic E-state index is 0.661. The molecule has 15 heavy (non-hydrogen) atoms. The second kappa shape index (κ2) is 3.65. The summed E-state index contributed by atoms with van der Waals surface area (Å²) in [5.41, 5.74) is 2.67. The van der Waals surface area contributed by atoms with E-state index < -0.39 is 0 Å². The van der Waals surface area contributed by atoms with Crippen molar-refractivity contribution in [3.63, 3.8) is 0 Å². The average Bonchev–Trinajstić information content (AvgIpc) is 2.42. The Morgan fingerprint density at radius 1 is 1.47 bits per heavy atom. The molecule has 1 heterocycles. The summed E-state index contributed by atoms with van der Waals surface area (Å²) >= 11 is 9.39. The van der Waals surface area contributed by atoms with E-state index in [-0.39, 0.29) is 0 Å². The largest absolute Gasteiger partial charge is 0.341 e. The number of aldehydes is 1. The van der Waals surface area contributed by atoms with Gasteiger partial charge in [-0.25, -0.2) is 0 Å². The van der Waals surface area contributed by atoms with Gasteiger partial charge in [-0.2, -0.15) is 0 Å². The van der Waals surface area contributed by atoms with Gasteiger partial charge in [0, 0.05) is 22.4 Å². The number of fused-ring (bicyclic) bond motifs is 1. The zero-order valence-corrected chi connectivity index (χ0v) is 10.7. The second-order valence-electron chi connectivity index (χ2n) is 3.47. The van der Waals surface area contributed by atoms with Crippen molar-refractivity contribution in [2.24, 2.45) is 7.05 Å². The number of aromatic nitrogens is 1. The lowest BCUT2D eigenvalue weighted by molar-refractivity contribution is 0.111. The Kier molecular flexibility index (Phi) is 2.61. The molecule has 0 atom stereocenters. The highest BCUT2D eigenvalue weighted by Gasteiger charge is 2.12. The highest BCUT2D eigenvalue weighted by atomic mass is 79.9. The van der Waals surface area contributed by atoms with Crippen LogP contribution in [0.1, 0.15) is 16.1 Å². The van der Waals surface area contributed by atoms with Gasteiger partial charge in [0.05, 0.1) is 10.7 Å². The molecule has 2 rings (SSSR count). The molecule has 0 aliphatic carbocycles. The molecule has 2 nitrogen and oxygen atoms in total. The maximum Gasteiger partial charge on any atom is 0.166 e. The minimum Gasteiger partial charge on any atom is -0.341 e. The summed E-state index contributed by atoms with van der Waals surface area (Å²) in [6.07, 6.45) is 0.872. The summed E-state index contributed by atoms with van der Waals surface area (Å²) in [5, 5.41) is 1.68. The molecular weight excluding hydrogens is 277 g/mol. The minimum absolute atomic E-state index is 0.661. The molecule has 1 aromatic carbocycles. The average molecular weight is 287 g/mol. The molecule has 0 saturated carbocycles. The summed E-state index contributed by atoms with van der Waals surface area (Å²) in [5.74, 6) is 0. The van der Waals surface area contributed by atoms with E-state index >= 15 is 0 Å². The van der Waals surface area contributed by atoms with Crippen LogP contribution < -0.4 is 0 Å². The van der Waals surface area contributed by atoms with E-state index in [2.05, 4.69) is 15.9 Å². The predicted octanol–water partition coefficient (Wildman–Crippen LogP) is 3.72. The fourth-order valence-electron chi connectivity index (χ4n) is 1.80. The van der Waals surface area contributed by atoms with Gasteiger partial charge in [-0.1, -0.05) is 11.6 Å². The third kappa shape index (κ3) is 1.50. The number of benzene rings is 1. The molecule has 0 unspecified atom stereocenters. The number of halogens is 2. The Balaban J connectivity index is 2.96. The van der Waals surface area contributed by atoms with Crippen LogP contribution >= 0.6 is 27.5 Å². The standard InChI is InChI=1S/C11H9BrClNO/c1-6-7-3-9(13)8(12)4-10(7)14(2)11(6)5-15/h3-5H,1-2H3. The molecule has 0 radical (unpaired) electrons. The van der Waals surface area contributed by atoms with E-state index in [4.69, 9.17) is 11.6 Å². The highest BCUT2D eigenvalue weighted by molar-refractivity contribution is 9.10. The molecule has 0 spiro atoms. The van der Waals surface area contributed by atoms with Gasteiger partial charge in [0.2, 0.25) is 0 Å². The normalized spacial score (nSPS) is 10.9. The van der Waals surface area contributed by atoms with E-state index in [9.17, 15) is 4.79 Å². The van der Waals surface area contributed by atoms with Crippen LogP contribution in [0.25, 0.3) is 10.9 Å². The summed E-state index contributed by atoms with van der Waals surface area (Å²) < 4.78 is 2.72. The van der Waals surface area contributed by atoms with Crippen molar-refractivity contribution < 1.29 is 4.79 Å². The third-order valence-electron chi connectivity index (χ3n) is 2.66. The molecule has 0 aliphatic heterocycles. The summed E-state index contributed by atoms with van der Waals surface area (Å²) in [6.45, 7) is 1.93.